The van der Waals surface area contributed by atoms with Crippen LogP contribution in [0.3, 0.4) is 0 Å². The number of aromatic nitrogens is 1. The molecular formula is C13H20F2N4O. The lowest BCUT2D eigenvalue weighted by molar-refractivity contribution is 0.0347. The zero-order valence-corrected chi connectivity index (χ0v) is 11.3. The maximum atomic E-state index is 13.5. The van der Waals surface area contributed by atoms with E-state index in [0.29, 0.717) is 19.3 Å². The van der Waals surface area contributed by atoms with Gasteiger partial charge in [-0.1, -0.05) is 19.3 Å². The Morgan fingerprint density at radius 2 is 1.90 bits per heavy atom. The summed E-state index contributed by atoms with van der Waals surface area (Å²) in [5.41, 5.74) is 2.08. The second-order valence-electron chi connectivity index (χ2n) is 4.85. The molecule has 0 aromatic carbocycles. The van der Waals surface area contributed by atoms with Crippen LogP contribution in [0.2, 0.25) is 0 Å². The van der Waals surface area contributed by atoms with E-state index in [1.807, 2.05) is 0 Å². The summed E-state index contributed by atoms with van der Waals surface area (Å²) in [6.07, 6.45) is 6.17. The zero-order chi connectivity index (χ0) is 14.4. The molecule has 0 unspecified atom stereocenters. The molecular weight excluding hydrogens is 266 g/mol. The van der Waals surface area contributed by atoms with Gasteiger partial charge < -0.3 is 15.5 Å². The normalized spacial score (nSPS) is 16.1. The number of halogens is 2. The Morgan fingerprint density at radius 3 is 2.60 bits per heavy atom. The second kappa shape index (κ2) is 7.35. The lowest BCUT2D eigenvalue weighted by Gasteiger charge is -2.22. The van der Waals surface area contributed by atoms with Gasteiger partial charge in [0.05, 0.1) is 12.7 Å². The molecule has 20 heavy (non-hydrogen) atoms. The van der Waals surface area contributed by atoms with Crippen molar-refractivity contribution < 1.29 is 13.5 Å². The molecule has 0 saturated heterocycles. The van der Waals surface area contributed by atoms with Gasteiger partial charge in [-0.3, -0.25) is 0 Å². The van der Waals surface area contributed by atoms with Crippen molar-refractivity contribution in [2.45, 2.75) is 38.2 Å². The van der Waals surface area contributed by atoms with Crippen molar-refractivity contribution >= 4 is 11.6 Å². The minimum atomic E-state index is -0.825. The third-order valence-corrected chi connectivity index (χ3v) is 3.37. The minimum Gasteiger partial charge on any atom is -0.376 e. The van der Waals surface area contributed by atoms with Gasteiger partial charge in [0.25, 0.3) is 0 Å². The summed E-state index contributed by atoms with van der Waals surface area (Å²) in [4.78, 5) is 3.72. The number of ether oxygens (including phenoxy) is 1. The number of hydrogen-bond donors (Lipinski definition) is 3. The summed E-state index contributed by atoms with van der Waals surface area (Å²) in [5, 5.41) is 2.78. The van der Waals surface area contributed by atoms with Crippen molar-refractivity contribution in [1.82, 2.24) is 4.98 Å². The van der Waals surface area contributed by atoms with Gasteiger partial charge in [-0.05, 0) is 12.8 Å². The fourth-order valence-electron chi connectivity index (χ4n) is 2.32. The topological polar surface area (TPSA) is 72.2 Å². The van der Waals surface area contributed by atoms with Gasteiger partial charge in [0.15, 0.2) is 23.3 Å². The number of rotatable bonds is 6. The van der Waals surface area contributed by atoms with E-state index in [0.717, 1.165) is 18.9 Å². The summed E-state index contributed by atoms with van der Waals surface area (Å²) >= 11 is 0. The Kier molecular flexibility index (Phi) is 5.49. The molecule has 0 aliphatic heterocycles. The molecule has 0 amide bonds. The molecule has 1 saturated carbocycles. The molecule has 2 rings (SSSR count). The first-order chi connectivity index (χ1) is 9.70. The summed E-state index contributed by atoms with van der Waals surface area (Å²) in [5.74, 6) is 3.29. The van der Waals surface area contributed by atoms with Gasteiger partial charge in [-0.2, -0.15) is 0 Å². The predicted octanol–water partition coefficient (Wildman–Crippen LogP) is 2.41. The third-order valence-electron chi connectivity index (χ3n) is 3.37. The molecule has 4 N–H and O–H groups in total. The van der Waals surface area contributed by atoms with Gasteiger partial charge >= 0.3 is 0 Å². The smallest absolute Gasteiger partial charge is 0.178 e. The summed E-state index contributed by atoms with van der Waals surface area (Å²) in [6, 6.07) is 0.743. The number of anilines is 2. The Hall–Kier alpha value is -1.47. The van der Waals surface area contributed by atoms with Crippen molar-refractivity contribution in [3.8, 4) is 0 Å². The van der Waals surface area contributed by atoms with E-state index in [9.17, 15) is 8.78 Å². The molecule has 112 valence electrons. The van der Waals surface area contributed by atoms with Crippen LogP contribution in [0.5, 0.6) is 0 Å². The van der Waals surface area contributed by atoms with E-state index in [1.165, 1.54) is 19.3 Å². The molecule has 1 aromatic rings. The predicted molar refractivity (Wildman–Crippen MR) is 73.3 cm³/mol. The lowest BCUT2D eigenvalue weighted by Crippen LogP contribution is -2.21. The molecule has 0 radical (unpaired) electrons. The Bertz CT molecular complexity index is 439. The fourth-order valence-corrected chi connectivity index (χ4v) is 2.32. The highest BCUT2D eigenvalue weighted by Crippen LogP contribution is 2.20. The molecule has 1 aliphatic rings. The van der Waals surface area contributed by atoms with Crippen molar-refractivity contribution in [2.75, 3.05) is 23.9 Å². The molecule has 1 aromatic heterocycles. The van der Waals surface area contributed by atoms with Gasteiger partial charge in [0, 0.05) is 12.6 Å². The maximum absolute atomic E-state index is 13.5. The number of pyridine rings is 1. The first-order valence-corrected chi connectivity index (χ1v) is 6.89. The van der Waals surface area contributed by atoms with Crippen LogP contribution in [0.15, 0.2) is 6.07 Å². The average molecular weight is 286 g/mol. The van der Waals surface area contributed by atoms with E-state index in [1.54, 1.807) is 0 Å². The van der Waals surface area contributed by atoms with Gasteiger partial charge in [-0.25, -0.2) is 19.6 Å². The first-order valence-electron chi connectivity index (χ1n) is 6.89. The van der Waals surface area contributed by atoms with Crippen LogP contribution in [-0.2, 0) is 4.74 Å². The van der Waals surface area contributed by atoms with Crippen LogP contribution >= 0.6 is 0 Å². The molecule has 5 nitrogen and oxygen atoms in total. The highest BCUT2D eigenvalue weighted by atomic mass is 19.1. The van der Waals surface area contributed by atoms with Crippen molar-refractivity contribution in [3.05, 3.63) is 17.7 Å². The van der Waals surface area contributed by atoms with Crippen molar-refractivity contribution in [1.29, 1.82) is 0 Å². The third kappa shape index (κ3) is 4.01. The summed E-state index contributed by atoms with van der Waals surface area (Å²) in [6.45, 7) is 0.880. The highest BCUT2D eigenvalue weighted by Gasteiger charge is 2.14. The quantitative estimate of drug-likeness (QED) is 0.425. The van der Waals surface area contributed by atoms with E-state index in [-0.39, 0.29) is 11.6 Å². The molecule has 0 bridgehead atoms. The molecule has 0 atom stereocenters. The van der Waals surface area contributed by atoms with E-state index in [2.05, 4.69) is 15.7 Å². The number of hydrogen-bond acceptors (Lipinski definition) is 5. The molecule has 1 fully saturated rings. The molecule has 1 heterocycles. The molecule has 0 spiro atoms. The van der Waals surface area contributed by atoms with Gasteiger partial charge in [0.1, 0.15) is 0 Å². The Labute approximate surface area is 116 Å². The Balaban J connectivity index is 1.78. The second-order valence-corrected chi connectivity index (χ2v) is 4.85. The number of nitrogens with two attached hydrogens (primary N) is 1. The summed E-state index contributed by atoms with van der Waals surface area (Å²) in [7, 11) is 0. The zero-order valence-electron chi connectivity index (χ0n) is 11.3. The van der Waals surface area contributed by atoms with Crippen LogP contribution in [0, 0.1) is 11.6 Å². The first kappa shape index (κ1) is 14.9. The largest absolute Gasteiger partial charge is 0.376 e. The van der Waals surface area contributed by atoms with E-state index >= 15 is 0 Å². The van der Waals surface area contributed by atoms with Gasteiger partial charge in [0.2, 0.25) is 0 Å². The SMILES string of the molecule is NNc1nc(NCCOC2CCCCC2)c(F)cc1F. The van der Waals surface area contributed by atoms with Crippen molar-refractivity contribution in [3.63, 3.8) is 0 Å². The molecule has 1 aliphatic carbocycles. The summed E-state index contributed by atoms with van der Waals surface area (Å²) < 4.78 is 32.3. The maximum Gasteiger partial charge on any atom is 0.178 e. The Morgan fingerprint density at radius 1 is 1.20 bits per heavy atom. The van der Waals surface area contributed by atoms with Crippen LogP contribution in [-0.4, -0.2) is 24.2 Å². The van der Waals surface area contributed by atoms with Crippen LogP contribution in [0.1, 0.15) is 32.1 Å². The minimum absolute atomic E-state index is 0.0356. The van der Waals surface area contributed by atoms with Gasteiger partial charge in [-0.15, -0.1) is 0 Å². The molecule has 7 heteroatoms. The average Bonchev–Trinajstić information content (AvgIpc) is 2.46. The number of nitrogens with one attached hydrogen (secondary N) is 2. The monoisotopic (exact) mass is 286 g/mol. The number of hydrazine groups is 1. The van der Waals surface area contributed by atoms with Crippen LogP contribution in [0.4, 0.5) is 20.4 Å². The van der Waals surface area contributed by atoms with E-state index in [4.69, 9.17) is 10.6 Å². The van der Waals surface area contributed by atoms with Crippen molar-refractivity contribution in [2.24, 2.45) is 5.84 Å². The lowest BCUT2D eigenvalue weighted by atomic mass is 9.98. The van der Waals surface area contributed by atoms with Crippen LogP contribution in [0.25, 0.3) is 0 Å². The standard InChI is InChI=1S/C13H20F2N4O/c14-10-8-11(15)13(19-16)18-12(10)17-6-7-20-9-4-2-1-3-5-9/h8-9H,1-7,16H2,(H2,17,18,19). The fraction of sp³-hybridized carbons (Fsp3) is 0.615. The van der Waals surface area contributed by atoms with Crippen LogP contribution < -0.4 is 16.6 Å². The van der Waals surface area contributed by atoms with E-state index < -0.39 is 11.6 Å². The highest BCUT2D eigenvalue weighted by molar-refractivity contribution is 5.46. The number of nitrogens with zero attached hydrogens (tertiary/aromatic N) is 1. The number of nitrogen functional groups attached to an aromatic ring is 1.